The van der Waals surface area contributed by atoms with Gasteiger partial charge in [0.1, 0.15) is 5.75 Å². The second-order valence-corrected chi connectivity index (χ2v) is 8.95. The van der Waals surface area contributed by atoms with Crippen molar-refractivity contribution >= 4 is 35.1 Å². The van der Waals surface area contributed by atoms with Gasteiger partial charge in [-0.3, -0.25) is 14.4 Å². The number of hydrogen-bond donors (Lipinski definition) is 2. The number of methoxy groups -OCH3 is 1. The van der Waals surface area contributed by atoms with E-state index in [1.54, 1.807) is 67.8 Å². The molecule has 10 heteroatoms. The number of ether oxygens (including phenoxy) is 4. The number of esters is 2. The SMILES string of the molecule is CCCCOC(=O)c1ccc(NC(=O)COC(=O)CCCC(=O)Nc2ccc(Oc3ccccc3OC)cc2)cc1. The second-order valence-electron chi connectivity index (χ2n) is 8.95. The van der Waals surface area contributed by atoms with E-state index in [2.05, 4.69) is 10.6 Å². The van der Waals surface area contributed by atoms with E-state index in [0.717, 1.165) is 12.8 Å². The molecule has 0 aliphatic rings. The Hall–Kier alpha value is -4.86. The summed E-state index contributed by atoms with van der Waals surface area (Å²) in [5, 5.41) is 5.36. The van der Waals surface area contributed by atoms with Gasteiger partial charge in [0.25, 0.3) is 5.91 Å². The average molecular weight is 563 g/mol. The molecule has 3 aromatic carbocycles. The third kappa shape index (κ3) is 10.7. The molecule has 2 N–H and O–H groups in total. The maximum Gasteiger partial charge on any atom is 0.338 e. The van der Waals surface area contributed by atoms with Crippen LogP contribution in [0, 0.1) is 0 Å². The first-order valence-corrected chi connectivity index (χ1v) is 13.3. The van der Waals surface area contributed by atoms with Crippen LogP contribution in [-0.4, -0.2) is 44.1 Å². The van der Waals surface area contributed by atoms with Crippen LogP contribution < -0.4 is 20.1 Å². The molecule has 0 saturated heterocycles. The Morgan fingerprint density at radius 2 is 1.34 bits per heavy atom. The Bertz CT molecular complexity index is 1310. The van der Waals surface area contributed by atoms with Gasteiger partial charge in [0.2, 0.25) is 5.91 Å². The van der Waals surface area contributed by atoms with E-state index in [4.69, 9.17) is 18.9 Å². The number of nitrogens with one attached hydrogen (secondary N) is 2. The van der Waals surface area contributed by atoms with Crippen molar-refractivity contribution in [3.63, 3.8) is 0 Å². The molecule has 0 saturated carbocycles. The van der Waals surface area contributed by atoms with Gasteiger partial charge in [0.15, 0.2) is 18.1 Å². The highest BCUT2D eigenvalue weighted by molar-refractivity contribution is 5.94. The minimum absolute atomic E-state index is 0.0127. The molecule has 3 aromatic rings. The monoisotopic (exact) mass is 562 g/mol. The number of anilines is 2. The first kappa shape index (κ1) is 30.7. The predicted molar refractivity (Wildman–Crippen MR) is 153 cm³/mol. The molecule has 216 valence electrons. The standard InChI is InChI=1S/C31H34N2O8/c1-3-4-20-39-31(37)22-12-14-23(15-13-22)33-29(35)21-40-30(36)11-7-10-28(34)32-24-16-18-25(19-17-24)41-27-9-6-5-8-26(27)38-2/h5-6,8-9,12-19H,3-4,7,10-11,20-21H2,1-2H3,(H,32,34)(H,33,35). The maximum atomic E-state index is 12.3. The fourth-order valence-corrected chi connectivity index (χ4v) is 3.55. The third-order valence-electron chi connectivity index (χ3n) is 5.72. The van der Waals surface area contributed by atoms with Crippen LogP contribution in [0.5, 0.6) is 17.2 Å². The summed E-state index contributed by atoms with van der Waals surface area (Å²) in [4.78, 5) is 48.3. The Morgan fingerprint density at radius 3 is 2.00 bits per heavy atom. The van der Waals surface area contributed by atoms with Gasteiger partial charge < -0.3 is 29.6 Å². The molecule has 0 radical (unpaired) electrons. The molecule has 0 aromatic heterocycles. The van der Waals surface area contributed by atoms with Crippen LogP contribution in [0.3, 0.4) is 0 Å². The molecular weight excluding hydrogens is 528 g/mol. The summed E-state index contributed by atoms with van der Waals surface area (Å²) in [6.45, 7) is 1.90. The minimum atomic E-state index is -0.587. The minimum Gasteiger partial charge on any atom is -0.493 e. The summed E-state index contributed by atoms with van der Waals surface area (Å²) in [7, 11) is 1.57. The summed E-state index contributed by atoms with van der Waals surface area (Å²) in [6.07, 6.45) is 2.08. The van der Waals surface area contributed by atoms with E-state index in [9.17, 15) is 19.2 Å². The molecule has 0 bridgehead atoms. The molecule has 0 fully saturated rings. The number of para-hydroxylation sites is 2. The number of benzene rings is 3. The summed E-state index contributed by atoms with van der Waals surface area (Å²) in [5.74, 6) is -0.0242. The lowest BCUT2D eigenvalue weighted by Crippen LogP contribution is -2.21. The molecule has 41 heavy (non-hydrogen) atoms. The maximum absolute atomic E-state index is 12.3. The van der Waals surface area contributed by atoms with Gasteiger partial charge in [-0.1, -0.05) is 25.5 Å². The highest BCUT2D eigenvalue weighted by Crippen LogP contribution is 2.31. The van der Waals surface area contributed by atoms with E-state index in [1.165, 1.54) is 0 Å². The normalized spacial score (nSPS) is 10.3. The number of amides is 2. The predicted octanol–water partition coefficient (Wildman–Crippen LogP) is 5.74. The first-order valence-electron chi connectivity index (χ1n) is 13.3. The van der Waals surface area contributed by atoms with Crippen LogP contribution in [-0.2, 0) is 23.9 Å². The van der Waals surface area contributed by atoms with E-state index in [0.29, 0.717) is 40.8 Å². The highest BCUT2D eigenvalue weighted by Gasteiger charge is 2.12. The fourth-order valence-electron chi connectivity index (χ4n) is 3.55. The van der Waals surface area contributed by atoms with Crippen molar-refractivity contribution < 1.29 is 38.1 Å². The lowest BCUT2D eigenvalue weighted by Gasteiger charge is -2.11. The molecule has 0 heterocycles. The van der Waals surface area contributed by atoms with E-state index >= 15 is 0 Å². The van der Waals surface area contributed by atoms with Gasteiger partial charge >= 0.3 is 11.9 Å². The molecule has 0 spiro atoms. The van der Waals surface area contributed by atoms with Crippen molar-refractivity contribution in [2.45, 2.75) is 39.0 Å². The molecule has 3 rings (SSSR count). The Morgan fingerprint density at radius 1 is 0.707 bits per heavy atom. The van der Waals surface area contributed by atoms with Crippen molar-refractivity contribution in [1.29, 1.82) is 0 Å². The van der Waals surface area contributed by atoms with E-state index in [1.807, 2.05) is 19.1 Å². The lowest BCUT2D eigenvalue weighted by molar-refractivity contribution is -0.147. The Kier molecular flexibility index (Phi) is 12.2. The van der Waals surface area contributed by atoms with Crippen molar-refractivity contribution in [2.24, 2.45) is 0 Å². The van der Waals surface area contributed by atoms with Gasteiger partial charge in [-0.25, -0.2) is 4.79 Å². The van der Waals surface area contributed by atoms with Crippen molar-refractivity contribution in [1.82, 2.24) is 0 Å². The number of carbonyl (C=O) groups is 4. The average Bonchev–Trinajstić information content (AvgIpc) is 2.98. The van der Waals surface area contributed by atoms with Gasteiger partial charge in [-0.2, -0.15) is 0 Å². The first-order chi connectivity index (χ1) is 19.9. The van der Waals surface area contributed by atoms with Crippen LogP contribution in [0.15, 0.2) is 72.8 Å². The zero-order valence-corrected chi connectivity index (χ0v) is 23.1. The van der Waals surface area contributed by atoms with E-state index in [-0.39, 0.29) is 25.2 Å². The molecular formula is C31H34N2O8. The number of carbonyl (C=O) groups excluding carboxylic acids is 4. The van der Waals surface area contributed by atoms with E-state index < -0.39 is 24.5 Å². The van der Waals surface area contributed by atoms with Gasteiger partial charge in [0.05, 0.1) is 19.3 Å². The third-order valence-corrected chi connectivity index (χ3v) is 5.72. The molecule has 0 unspecified atom stereocenters. The molecule has 0 aliphatic carbocycles. The molecule has 2 amide bonds. The highest BCUT2D eigenvalue weighted by atomic mass is 16.5. The Labute approximate surface area is 238 Å². The quantitative estimate of drug-likeness (QED) is 0.177. The lowest BCUT2D eigenvalue weighted by atomic mass is 10.2. The van der Waals surface area contributed by atoms with Gasteiger partial charge in [0, 0.05) is 24.2 Å². The summed E-state index contributed by atoms with van der Waals surface area (Å²) < 4.78 is 21.2. The summed E-state index contributed by atoms with van der Waals surface area (Å²) in [5.41, 5.74) is 1.42. The zero-order valence-electron chi connectivity index (χ0n) is 23.1. The van der Waals surface area contributed by atoms with Crippen molar-refractivity contribution in [3.8, 4) is 17.2 Å². The molecule has 0 aliphatic heterocycles. The van der Waals surface area contributed by atoms with Gasteiger partial charge in [-0.15, -0.1) is 0 Å². The second kappa shape index (κ2) is 16.3. The summed E-state index contributed by atoms with van der Waals surface area (Å²) in [6, 6.07) is 20.4. The van der Waals surface area contributed by atoms with Crippen molar-refractivity contribution in [2.75, 3.05) is 31.0 Å². The summed E-state index contributed by atoms with van der Waals surface area (Å²) >= 11 is 0. The Balaban J connectivity index is 1.31. The molecule has 10 nitrogen and oxygen atoms in total. The number of hydrogen-bond acceptors (Lipinski definition) is 8. The topological polar surface area (TPSA) is 129 Å². The molecule has 0 atom stereocenters. The number of rotatable bonds is 15. The zero-order chi connectivity index (χ0) is 29.5. The fraction of sp³-hybridized carbons (Fsp3) is 0.290. The van der Waals surface area contributed by atoms with Crippen LogP contribution in [0.2, 0.25) is 0 Å². The van der Waals surface area contributed by atoms with Gasteiger partial charge in [-0.05, 0) is 73.5 Å². The van der Waals surface area contributed by atoms with Crippen LogP contribution in [0.25, 0.3) is 0 Å². The van der Waals surface area contributed by atoms with Crippen molar-refractivity contribution in [3.05, 3.63) is 78.4 Å². The van der Waals surface area contributed by atoms with Crippen LogP contribution >= 0.6 is 0 Å². The van der Waals surface area contributed by atoms with Crippen LogP contribution in [0.4, 0.5) is 11.4 Å². The van der Waals surface area contributed by atoms with Crippen LogP contribution in [0.1, 0.15) is 49.4 Å². The number of unbranched alkanes of at least 4 members (excludes halogenated alkanes) is 1. The smallest absolute Gasteiger partial charge is 0.338 e. The largest absolute Gasteiger partial charge is 0.493 e.